The summed E-state index contributed by atoms with van der Waals surface area (Å²) in [4.78, 5) is 11.5. The van der Waals surface area contributed by atoms with Crippen molar-refractivity contribution in [2.45, 2.75) is 74.7 Å². The van der Waals surface area contributed by atoms with Gasteiger partial charge < -0.3 is 13.9 Å². The quantitative estimate of drug-likeness (QED) is 0.109. The van der Waals surface area contributed by atoms with Gasteiger partial charge in [0.1, 0.15) is 17.1 Å². The molecule has 0 aliphatic carbocycles. The number of aliphatic hydroxyl groups excluding tert-OH is 1. The van der Waals surface area contributed by atoms with Gasteiger partial charge in [-0.1, -0.05) is 110 Å². The van der Waals surface area contributed by atoms with Crippen LogP contribution in [-0.2, 0) is 30.3 Å². The molecule has 0 aliphatic rings. The Hall–Kier alpha value is -4.06. The Morgan fingerprint density at radius 1 is 0.787 bits per heavy atom. The molecule has 3 aromatic heterocycles. The first-order valence-corrected chi connectivity index (χ1v) is 15.6. The van der Waals surface area contributed by atoms with Crippen molar-refractivity contribution in [3.05, 3.63) is 95.9 Å². The van der Waals surface area contributed by atoms with Gasteiger partial charge in [0.2, 0.25) is 0 Å². The predicted molar refractivity (Wildman–Crippen MR) is 187 cm³/mol. The Labute approximate surface area is 290 Å². The summed E-state index contributed by atoms with van der Waals surface area (Å²) in [6.07, 6.45) is 1.33. The minimum absolute atomic E-state index is 0. The van der Waals surface area contributed by atoms with Crippen LogP contribution in [0.4, 0.5) is 0 Å². The van der Waals surface area contributed by atoms with E-state index in [0.29, 0.717) is 0 Å². The summed E-state index contributed by atoms with van der Waals surface area (Å²) in [5.41, 5.74) is 6.18. The molecule has 0 unspecified atom stereocenters. The fourth-order valence-electron chi connectivity index (χ4n) is 5.01. The third-order valence-electron chi connectivity index (χ3n) is 7.93. The number of allylic oxidation sites excluding steroid dienone is 2. The van der Waals surface area contributed by atoms with E-state index in [0.717, 1.165) is 55.8 Å². The Morgan fingerprint density at radius 2 is 1.43 bits per heavy atom. The van der Waals surface area contributed by atoms with Crippen molar-refractivity contribution in [1.29, 1.82) is 0 Å². The van der Waals surface area contributed by atoms with E-state index >= 15 is 0 Å². The van der Waals surface area contributed by atoms with Gasteiger partial charge >= 0.3 is 0 Å². The molecular formula is C40H43IrN2O4-. The van der Waals surface area contributed by atoms with Crippen molar-refractivity contribution in [2.24, 2.45) is 10.8 Å². The molecule has 6 aromatic rings. The van der Waals surface area contributed by atoms with Crippen LogP contribution < -0.4 is 0 Å². The number of aromatic nitrogens is 2. The number of fused-ring (bicyclic) bond motifs is 4. The zero-order valence-electron chi connectivity index (χ0n) is 28.8. The zero-order chi connectivity index (χ0) is 33.6. The Kier molecular flexibility index (Phi) is 10.1. The number of aliphatic hydroxyl groups is 1. The van der Waals surface area contributed by atoms with E-state index in [9.17, 15) is 9.90 Å². The summed E-state index contributed by atoms with van der Waals surface area (Å²) in [6, 6.07) is 26.0. The summed E-state index contributed by atoms with van der Waals surface area (Å²) < 4.78 is 12.2. The maximum absolute atomic E-state index is 11.5. The second-order valence-electron chi connectivity index (χ2n) is 14.9. The number of carbonyl (C=O) groups excluding carboxylic acids is 1. The number of aryl methyl sites for hydroxylation is 1. The van der Waals surface area contributed by atoms with Crippen LogP contribution in [0.5, 0.6) is 0 Å². The van der Waals surface area contributed by atoms with Gasteiger partial charge in [0.05, 0.1) is 11.1 Å². The van der Waals surface area contributed by atoms with Crippen LogP contribution in [0.25, 0.3) is 55.5 Å². The first-order chi connectivity index (χ1) is 21.4. The molecule has 7 heteroatoms. The number of para-hydroxylation sites is 1. The van der Waals surface area contributed by atoms with Gasteiger partial charge in [-0.3, -0.25) is 4.79 Å². The molecule has 0 saturated carbocycles. The summed E-state index contributed by atoms with van der Waals surface area (Å²) in [7, 11) is 0. The minimum atomic E-state index is -0.417. The number of hydrogen-bond acceptors (Lipinski definition) is 6. The van der Waals surface area contributed by atoms with E-state index in [-0.39, 0.29) is 42.5 Å². The maximum Gasteiger partial charge on any atom is 0.181 e. The van der Waals surface area contributed by atoms with Crippen LogP contribution in [0.3, 0.4) is 0 Å². The van der Waals surface area contributed by atoms with Crippen molar-refractivity contribution >= 4 is 38.7 Å². The molecule has 3 aromatic carbocycles. The standard InChI is InChI=1S/C29H23N2O2.C11H20O2.Ir/c1-17-22(26-16-27-28(33-26)21-11-7-8-12-25(21)32-27)15-24(31-30-17)19-13-18-9-5-6-10-20(18)23(14-19)29(2,3)4;1-10(2,3)8(12)7-9(13)11(4,5)6;/h5-12,14-16H,1-4H3;7,12H,1-6H3;/q-1;;/b;8-7-;. The number of benzene rings is 3. The Bertz CT molecular complexity index is 2100. The monoisotopic (exact) mass is 808 g/mol. The van der Waals surface area contributed by atoms with Gasteiger partial charge in [0.25, 0.3) is 0 Å². The fraction of sp³-hybridized carbons (Fsp3) is 0.325. The van der Waals surface area contributed by atoms with Crippen molar-refractivity contribution in [3.63, 3.8) is 0 Å². The molecule has 0 spiro atoms. The van der Waals surface area contributed by atoms with Gasteiger partial charge in [0.15, 0.2) is 16.9 Å². The molecule has 6 rings (SSSR count). The van der Waals surface area contributed by atoms with Crippen molar-refractivity contribution in [2.75, 3.05) is 0 Å². The van der Waals surface area contributed by atoms with Crippen LogP contribution in [-0.4, -0.2) is 21.1 Å². The maximum atomic E-state index is 11.5. The summed E-state index contributed by atoms with van der Waals surface area (Å²) in [6.45, 7) is 19.7. The van der Waals surface area contributed by atoms with Gasteiger partial charge in [-0.15, -0.1) is 29.1 Å². The molecule has 0 atom stereocenters. The fourth-order valence-corrected chi connectivity index (χ4v) is 5.01. The Morgan fingerprint density at radius 3 is 2.06 bits per heavy atom. The van der Waals surface area contributed by atoms with Gasteiger partial charge in [-0.05, 0) is 24.5 Å². The normalized spacial score (nSPS) is 12.6. The third-order valence-corrected chi connectivity index (χ3v) is 7.93. The van der Waals surface area contributed by atoms with E-state index < -0.39 is 5.41 Å². The summed E-state index contributed by atoms with van der Waals surface area (Å²) >= 11 is 0. The topological polar surface area (TPSA) is 89.4 Å². The van der Waals surface area contributed by atoms with E-state index in [2.05, 4.69) is 61.3 Å². The molecule has 3 heterocycles. The van der Waals surface area contributed by atoms with Crippen LogP contribution in [0.2, 0.25) is 0 Å². The molecule has 1 radical (unpaired) electrons. The second-order valence-corrected chi connectivity index (χ2v) is 14.9. The molecule has 0 fully saturated rings. The first kappa shape index (κ1) is 35.8. The van der Waals surface area contributed by atoms with Crippen LogP contribution in [0.15, 0.2) is 87.4 Å². The molecular weight excluding hydrogens is 765 g/mol. The smallest absolute Gasteiger partial charge is 0.181 e. The average Bonchev–Trinajstić information content (AvgIpc) is 3.54. The SMILES string of the molecule is CC(C)(C)C(=O)/C=C(\O)C(C)(C)C.Cc1nnc(-c2[c-]c3ccccc3c(C(C)(C)C)c2)cc1-c1cc2oc3ccccc3c2o1.[Ir]. The number of furan rings is 2. The molecule has 247 valence electrons. The number of carbonyl (C=O) groups is 1. The largest absolute Gasteiger partial charge is 0.512 e. The first-order valence-electron chi connectivity index (χ1n) is 15.6. The van der Waals surface area contributed by atoms with E-state index in [4.69, 9.17) is 8.83 Å². The van der Waals surface area contributed by atoms with E-state index in [1.165, 1.54) is 17.0 Å². The van der Waals surface area contributed by atoms with Crippen molar-refractivity contribution in [3.8, 4) is 22.6 Å². The molecule has 1 N–H and O–H groups in total. The third kappa shape index (κ3) is 7.75. The Balaban J connectivity index is 0.000000307. The number of hydrogen-bond donors (Lipinski definition) is 1. The van der Waals surface area contributed by atoms with Gasteiger partial charge in [-0.25, -0.2) is 0 Å². The minimum Gasteiger partial charge on any atom is -0.512 e. The molecule has 6 nitrogen and oxygen atoms in total. The molecule has 0 bridgehead atoms. The molecule has 47 heavy (non-hydrogen) atoms. The molecule has 0 saturated heterocycles. The van der Waals surface area contributed by atoms with Crippen molar-refractivity contribution in [1.82, 2.24) is 10.2 Å². The number of ketones is 1. The summed E-state index contributed by atoms with van der Waals surface area (Å²) in [5, 5.41) is 21.8. The van der Waals surface area contributed by atoms with E-state index in [1.54, 1.807) is 0 Å². The van der Waals surface area contributed by atoms with Gasteiger partial charge in [0, 0.05) is 54.3 Å². The average molecular weight is 808 g/mol. The summed E-state index contributed by atoms with van der Waals surface area (Å²) in [5.74, 6) is 0.826. The number of nitrogens with zero attached hydrogens (tertiary/aromatic N) is 2. The van der Waals surface area contributed by atoms with Gasteiger partial charge in [-0.2, -0.15) is 10.2 Å². The van der Waals surface area contributed by atoms with Crippen molar-refractivity contribution < 1.29 is 38.8 Å². The predicted octanol–water partition coefficient (Wildman–Crippen LogP) is 10.9. The molecule has 0 aliphatic heterocycles. The van der Waals surface area contributed by atoms with Crippen LogP contribution >= 0.6 is 0 Å². The van der Waals surface area contributed by atoms with E-state index in [1.807, 2.05) is 90.9 Å². The molecule has 0 amide bonds. The van der Waals surface area contributed by atoms with Crippen LogP contribution in [0, 0.1) is 23.8 Å². The second kappa shape index (κ2) is 13.2. The van der Waals surface area contributed by atoms with Crippen LogP contribution in [0.1, 0.15) is 73.6 Å². The zero-order valence-corrected chi connectivity index (χ0v) is 31.2. The number of rotatable bonds is 3.